The van der Waals surface area contributed by atoms with Crippen LogP contribution < -0.4 is 15.8 Å². The number of anilines is 1. The van der Waals surface area contributed by atoms with Gasteiger partial charge in [0.25, 0.3) is 5.91 Å². The fraction of sp³-hybridized carbons (Fsp3) is 0.500. The molecule has 0 spiro atoms. The number of pyridine rings is 1. The Bertz CT molecular complexity index is 708. The second-order valence-corrected chi connectivity index (χ2v) is 7.23. The van der Waals surface area contributed by atoms with Crippen LogP contribution in [0.5, 0.6) is 5.75 Å². The van der Waals surface area contributed by atoms with Crippen LogP contribution in [0.1, 0.15) is 47.6 Å². The molecule has 2 aromatic heterocycles. The number of hydrogen-bond donors (Lipinski definition) is 2. The number of hydrogen-bond acceptors (Lipinski definition) is 6. The first kappa shape index (κ1) is 23.6. The summed E-state index contributed by atoms with van der Waals surface area (Å²) in [5, 5.41) is 5.41. The first-order valence-corrected chi connectivity index (χ1v) is 9.68. The van der Waals surface area contributed by atoms with Gasteiger partial charge in [-0.05, 0) is 37.4 Å². The standard InChI is InChI=1S/C18H24N4O2S.2ClH/c19-9-8-16-21-14(12-25-16)18(23)22-17-15(7-4-10-20-17)24-11-13-5-2-1-3-6-13;;/h4,7,10,12-13H,1-3,5-6,8-9,11,19H2,(H,20,22,23);2*1H. The van der Waals surface area contributed by atoms with E-state index in [2.05, 4.69) is 15.3 Å². The zero-order valence-corrected chi connectivity index (χ0v) is 17.5. The minimum absolute atomic E-state index is 0. The molecule has 0 radical (unpaired) electrons. The Labute approximate surface area is 176 Å². The Balaban J connectivity index is 0.00000182. The highest BCUT2D eigenvalue weighted by molar-refractivity contribution is 7.09. The monoisotopic (exact) mass is 432 g/mol. The molecule has 0 unspecified atom stereocenters. The molecule has 150 valence electrons. The van der Waals surface area contributed by atoms with Gasteiger partial charge in [-0.25, -0.2) is 9.97 Å². The molecule has 0 saturated heterocycles. The number of nitrogens with zero attached hydrogens (tertiary/aromatic N) is 2. The third-order valence-corrected chi connectivity index (χ3v) is 5.25. The van der Waals surface area contributed by atoms with Crippen LogP contribution in [0.15, 0.2) is 23.7 Å². The van der Waals surface area contributed by atoms with Crippen molar-refractivity contribution in [3.05, 3.63) is 34.4 Å². The fourth-order valence-corrected chi connectivity index (χ4v) is 3.78. The molecule has 27 heavy (non-hydrogen) atoms. The van der Waals surface area contributed by atoms with E-state index in [1.54, 1.807) is 11.6 Å². The molecular formula is C18H26Cl2N4O2S. The Morgan fingerprint density at radius 1 is 1.30 bits per heavy atom. The highest BCUT2D eigenvalue weighted by Gasteiger charge is 2.17. The maximum Gasteiger partial charge on any atom is 0.276 e. The molecule has 0 atom stereocenters. The lowest BCUT2D eigenvalue weighted by Gasteiger charge is -2.22. The molecule has 3 rings (SSSR count). The quantitative estimate of drug-likeness (QED) is 0.686. The van der Waals surface area contributed by atoms with Crippen LogP contribution in [0.4, 0.5) is 5.82 Å². The van der Waals surface area contributed by atoms with E-state index in [4.69, 9.17) is 10.5 Å². The molecule has 1 aliphatic carbocycles. The van der Waals surface area contributed by atoms with E-state index >= 15 is 0 Å². The number of carbonyl (C=O) groups excluding carboxylic acids is 1. The summed E-state index contributed by atoms with van der Waals surface area (Å²) in [5.74, 6) is 1.37. The van der Waals surface area contributed by atoms with Gasteiger partial charge in [-0.15, -0.1) is 36.2 Å². The minimum Gasteiger partial charge on any atom is -0.489 e. The van der Waals surface area contributed by atoms with Crippen LogP contribution in [-0.4, -0.2) is 29.0 Å². The highest BCUT2D eigenvalue weighted by Crippen LogP contribution is 2.27. The number of nitrogens with one attached hydrogen (secondary N) is 1. The largest absolute Gasteiger partial charge is 0.489 e. The van der Waals surface area contributed by atoms with E-state index in [1.165, 1.54) is 43.4 Å². The van der Waals surface area contributed by atoms with Crippen molar-refractivity contribution in [3.63, 3.8) is 0 Å². The van der Waals surface area contributed by atoms with Crippen molar-refractivity contribution in [2.75, 3.05) is 18.5 Å². The maximum atomic E-state index is 12.4. The van der Waals surface area contributed by atoms with Gasteiger partial charge in [-0.2, -0.15) is 0 Å². The molecule has 1 fully saturated rings. The molecule has 1 saturated carbocycles. The molecule has 0 aromatic carbocycles. The first-order valence-electron chi connectivity index (χ1n) is 8.80. The molecule has 3 N–H and O–H groups in total. The van der Waals surface area contributed by atoms with Gasteiger partial charge in [0.1, 0.15) is 5.69 Å². The second kappa shape index (κ2) is 12.1. The summed E-state index contributed by atoms with van der Waals surface area (Å²) >= 11 is 1.44. The van der Waals surface area contributed by atoms with Crippen LogP contribution in [0.3, 0.4) is 0 Å². The number of rotatable bonds is 7. The number of carbonyl (C=O) groups is 1. The summed E-state index contributed by atoms with van der Waals surface area (Å²) in [6.07, 6.45) is 8.63. The number of aromatic nitrogens is 2. The van der Waals surface area contributed by atoms with Gasteiger partial charge in [0.15, 0.2) is 11.6 Å². The van der Waals surface area contributed by atoms with E-state index in [0.717, 1.165) is 5.01 Å². The van der Waals surface area contributed by atoms with Gasteiger partial charge in [0.2, 0.25) is 0 Å². The van der Waals surface area contributed by atoms with Gasteiger partial charge in [0, 0.05) is 18.0 Å². The topological polar surface area (TPSA) is 90.1 Å². The van der Waals surface area contributed by atoms with Gasteiger partial charge < -0.3 is 15.8 Å². The number of amides is 1. The van der Waals surface area contributed by atoms with Crippen LogP contribution in [0, 0.1) is 5.92 Å². The van der Waals surface area contributed by atoms with Crippen molar-refractivity contribution < 1.29 is 9.53 Å². The minimum atomic E-state index is -0.277. The van der Waals surface area contributed by atoms with E-state index in [-0.39, 0.29) is 30.7 Å². The van der Waals surface area contributed by atoms with Crippen molar-refractivity contribution in [3.8, 4) is 5.75 Å². The van der Waals surface area contributed by atoms with E-state index < -0.39 is 0 Å². The van der Waals surface area contributed by atoms with Gasteiger partial charge >= 0.3 is 0 Å². The zero-order valence-electron chi connectivity index (χ0n) is 15.1. The molecule has 2 aromatic rings. The Kier molecular flexibility index (Phi) is 10.6. The average Bonchev–Trinajstić information content (AvgIpc) is 3.11. The molecule has 1 amide bonds. The molecule has 0 aliphatic heterocycles. The van der Waals surface area contributed by atoms with Gasteiger partial charge in [-0.1, -0.05) is 19.3 Å². The summed E-state index contributed by atoms with van der Waals surface area (Å²) in [5.41, 5.74) is 5.91. The third kappa shape index (κ3) is 6.92. The normalized spacial score (nSPS) is 14.0. The van der Waals surface area contributed by atoms with Gasteiger partial charge in [0.05, 0.1) is 11.6 Å². The third-order valence-electron chi connectivity index (χ3n) is 4.34. The first-order chi connectivity index (χ1) is 12.3. The van der Waals surface area contributed by atoms with Crippen molar-refractivity contribution in [2.45, 2.75) is 38.5 Å². The lowest BCUT2D eigenvalue weighted by atomic mass is 9.90. The van der Waals surface area contributed by atoms with Crippen molar-refractivity contribution >= 4 is 47.9 Å². The van der Waals surface area contributed by atoms with E-state index in [0.29, 0.717) is 42.8 Å². The van der Waals surface area contributed by atoms with Crippen LogP contribution >= 0.6 is 36.2 Å². The van der Waals surface area contributed by atoms with E-state index in [1.807, 2.05) is 12.1 Å². The Morgan fingerprint density at radius 3 is 2.81 bits per heavy atom. The summed E-state index contributed by atoms with van der Waals surface area (Å²) in [6.45, 7) is 1.19. The second-order valence-electron chi connectivity index (χ2n) is 6.28. The average molecular weight is 433 g/mol. The molecule has 1 aliphatic rings. The number of ether oxygens (including phenoxy) is 1. The van der Waals surface area contributed by atoms with Crippen molar-refractivity contribution in [1.82, 2.24) is 9.97 Å². The smallest absolute Gasteiger partial charge is 0.276 e. The van der Waals surface area contributed by atoms with Crippen LogP contribution in [0.25, 0.3) is 0 Å². The summed E-state index contributed by atoms with van der Waals surface area (Å²) in [6, 6.07) is 3.65. The molecular weight excluding hydrogens is 407 g/mol. The zero-order chi connectivity index (χ0) is 17.5. The lowest BCUT2D eigenvalue weighted by Crippen LogP contribution is -2.18. The molecule has 6 nitrogen and oxygen atoms in total. The van der Waals surface area contributed by atoms with Crippen LogP contribution in [0.2, 0.25) is 0 Å². The van der Waals surface area contributed by atoms with Crippen LogP contribution in [-0.2, 0) is 6.42 Å². The SMILES string of the molecule is Cl.Cl.NCCc1nc(C(=O)Nc2ncccc2OCC2CCCCC2)cs1. The van der Waals surface area contributed by atoms with Crippen molar-refractivity contribution in [2.24, 2.45) is 11.7 Å². The molecule has 0 bridgehead atoms. The van der Waals surface area contributed by atoms with Crippen molar-refractivity contribution in [1.29, 1.82) is 0 Å². The summed E-state index contributed by atoms with van der Waals surface area (Å²) in [7, 11) is 0. The summed E-state index contributed by atoms with van der Waals surface area (Å²) < 4.78 is 5.95. The Hall–Kier alpha value is -1.41. The Morgan fingerprint density at radius 2 is 2.07 bits per heavy atom. The fourth-order valence-electron chi connectivity index (χ4n) is 2.99. The van der Waals surface area contributed by atoms with Gasteiger partial charge in [-0.3, -0.25) is 4.79 Å². The maximum absolute atomic E-state index is 12.4. The predicted octanol–water partition coefficient (Wildman–Crippen LogP) is 4.09. The predicted molar refractivity (Wildman–Crippen MR) is 114 cm³/mol. The molecule has 2 heterocycles. The summed E-state index contributed by atoms with van der Waals surface area (Å²) in [4.78, 5) is 20.9. The molecule has 9 heteroatoms. The number of nitrogens with two attached hydrogens (primary N) is 1. The number of thiazole rings is 1. The lowest BCUT2D eigenvalue weighted by molar-refractivity contribution is 0.102. The van der Waals surface area contributed by atoms with E-state index in [9.17, 15) is 4.79 Å². The number of halogens is 2. The highest BCUT2D eigenvalue weighted by atomic mass is 35.5.